The molecule has 1 aliphatic rings. The first kappa shape index (κ1) is 8.78. The molecule has 64 valence electrons. The first-order valence-corrected chi connectivity index (χ1v) is 3.91. The zero-order valence-corrected chi connectivity index (χ0v) is 7.24. The Hall–Kier alpha value is -1.31. The molecule has 2 heteroatoms. The van der Waals surface area contributed by atoms with E-state index in [4.69, 9.17) is 5.11 Å². The van der Waals surface area contributed by atoms with Crippen molar-refractivity contribution < 1.29 is 9.90 Å². The highest BCUT2D eigenvalue weighted by molar-refractivity contribution is 5.90. The highest BCUT2D eigenvalue weighted by atomic mass is 16.4. The number of carboxylic acid groups (broad SMARTS) is 1. The number of hydrogen-bond donors (Lipinski definition) is 1. The third-order valence-corrected chi connectivity index (χ3v) is 1.74. The molecule has 1 unspecified atom stereocenters. The molecule has 0 amide bonds. The van der Waals surface area contributed by atoms with Crippen molar-refractivity contribution in [2.45, 2.75) is 13.8 Å². The van der Waals surface area contributed by atoms with Crippen LogP contribution in [0.2, 0.25) is 0 Å². The average molecular weight is 164 g/mol. The van der Waals surface area contributed by atoms with Gasteiger partial charge in [-0.3, -0.25) is 0 Å². The summed E-state index contributed by atoms with van der Waals surface area (Å²) in [5, 5.41) is 8.72. The number of carbonyl (C=O) groups is 1. The van der Waals surface area contributed by atoms with Gasteiger partial charge in [-0.2, -0.15) is 0 Å². The summed E-state index contributed by atoms with van der Waals surface area (Å²) in [6, 6.07) is 0. The van der Waals surface area contributed by atoms with Gasteiger partial charge in [-0.1, -0.05) is 30.7 Å². The fourth-order valence-corrected chi connectivity index (χ4v) is 1.20. The average Bonchev–Trinajstić information content (AvgIpc) is 2.11. The van der Waals surface area contributed by atoms with Crippen molar-refractivity contribution in [3.8, 4) is 0 Å². The Kier molecular flexibility index (Phi) is 2.48. The van der Waals surface area contributed by atoms with Gasteiger partial charge in [-0.15, -0.1) is 0 Å². The lowest BCUT2D eigenvalue weighted by Crippen LogP contribution is -1.96. The molecule has 0 radical (unpaired) electrons. The van der Waals surface area contributed by atoms with E-state index in [0.29, 0.717) is 11.5 Å². The molecule has 0 aromatic heterocycles. The highest BCUT2D eigenvalue weighted by Crippen LogP contribution is 2.14. The maximum atomic E-state index is 10.6. The fourth-order valence-electron chi connectivity index (χ4n) is 1.20. The molecule has 12 heavy (non-hydrogen) atoms. The van der Waals surface area contributed by atoms with Crippen LogP contribution in [0.1, 0.15) is 13.8 Å². The van der Waals surface area contributed by atoms with Crippen LogP contribution >= 0.6 is 0 Å². The summed E-state index contributed by atoms with van der Waals surface area (Å²) >= 11 is 0. The monoisotopic (exact) mass is 164 g/mol. The topological polar surface area (TPSA) is 37.3 Å². The quantitative estimate of drug-likeness (QED) is 0.644. The Labute approximate surface area is 71.9 Å². The Morgan fingerprint density at radius 2 is 2.25 bits per heavy atom. The molecular weight excluding hydrogens is 152 g/mol. The molecular formula is C10H12O2. The van der Waals surface area contributed by atoms with Crippen LogP contribution in [0, 0.1) is 5.92 Å². The van der Waals surface area contributed by atoms with Crippen LogP contribution in [0.25, 0.3) is 0 Å². The van der Waals surface area contributed by atoms with Gasteiger partial charge in [0.05, 0.1) is 5.57 Å². The standard InChI is InChI=1S/C10H12O2/c1-7-3-4-9(10(11)12)6-8(2)5-7/h3-7H,1-2H3,(H,11,12). The molecule has 2 nitrogen and oxygen atoms in total. The number of rotatable bonds is 1. The molecule has 1 N–H and O–H groups in total. The summed E-state index contributed by atoms with van der Waals surface area (Å²) < 4.78 is 0. The minimum atomic E-state index is -0.867. The maximum Gasteiger partial charge on any atom is 0.335 e. The fraction of sp³-hybridized carbons (Fsp3) is 0.300. The third kappa shape index (κ3) is 2.09. The molecule has 1 atom stereocenters. The molecule has 0 spiro atoms. The van der Waals surface area contributed by atoms with Crippen molar-refractivity contribution in [1.82, 2.24) is 0 Å². The molecule has 0 saturated carbocycles. The summed E-state index contributed by atoms with van der Waals surface area (Å²) in [5.74, 6) is -0.550. The second-order valence-corrected chi connectivity index (χ2v) is 3.03. The third-order valence-electron chi connectivity index (χ3n) is 1.74. The van der Waals surface area contributed by atoms with E-state index >= 15 is 0 Å². The molecule has 1 aliphatic carbocycles. The lowest BCUT2D eigenvalue weighted by atomic mass is 10.1. The Morgan fingerprint density at radius 1 is 1.58 bits per heavy atom. The minimum Gasteiger partial charge on any atom is -0.478 e. The van der Waals surface area contributed by atoms with E-state index in [1.807, 2.05) is 26.0 Å². The normalized spacial score (nSPS) is 22.7. The van der Waals surface area contributed by atoms with Crippen molar-refractivity contribution in [1.29, 1.82) is 0 Å². The van der Waals surface area contributed by atoms with Crippen LogP contribution in [0.4, 0.5) is 0 Å². The SMILES string of the molecule is CC1=CC(C)C=CC(C(=O)O)=C1. The Balaban J connectivity index is 2.98. The van der Waals surface area contributed by atoms with Crippen molar-refractivity contribution in [2.75, 3.05) is 0 Å². The molecule has 0 saturated heterocycles. The first-order valence-electron chi connectivity index (χ1n) is 3.91. The van der Waals surface area contributed by atoms with Crippen molar-refractivity contribution >= 4 is 5.97 Å². The summed E-state index contributed by atoms with van der Waals surface area (Å²) in [6.45, 7) is 3.94. The van der Waals surface area contributed by atoms with E-state index < -0.39 is 5.97 Å². The van der Waals surface area contributed by atoms with E-state index in [-0.39, 0.29) is 0 Å². The van der Waals surface area contributed by atoms with Gasteiger partial charge in [0.25, 0.3) is 0 Å². The van der Waals surface area contributed by atoms with Crippen LogP contribution in [-0.2, 0) is 4.79 Å². The molecule has 0 aliphatic heterocycles. The summed E-state index contributed by atoms with van der Waals surface area (Å²) in [6.07, 6.45) is 7.26. The smallest absolute Gasteiger partial charge is 0.335 e. The van der Waals surface area contributed by atoms with Crippen LogP contribution in [0.15, 0.2) is 35.5 Å². The molecule has 0 aromatic rings. The van der Waals surface area contributed by atoms with Crippen LogP contribution in [0.5, 0.6) is 0 Å². The number of hydrogen-bond acceptors (Lipinski definition) is 1. The van der Waals surface area contributed by atoms with Gasteiger partial charge >= 0.3 is 5.97 Å². The van der Waals surface area contributed by atoms with Gasteiger partial charge in [-0.25, -0.2) is 4.79 Å². The number of aliphatic carboxylic acids is 1. The summed E-state index contributed by atoms with van der Waals surface area (Å²) in [5.41, 5.74) is 1.36. The van der Waals surface area contributed by atoms with Crippen LogP contribution in [-0.4, -0.2) is 11.1 Å². The molecule has 0 bridgehead atoms. The zero-order valence-electron chi connectivity index (χ0n) is 7.24. The highest BCUT2D eigenvalue weighted by Gasteiger charge is 2.06. The van der Waals surface area contributed by atoms with E-state index in [0.717, 1.165) is 5.57 Å². The van der Waals surface area contributed by atoms with Gasteiger partial charge in [0.1, 0.15) is 0 Å². The lowest BCUT2D eigenvalue weighted by molar-refractivity contribution is -0.132. The second kappa shape index (κ2) is 3.39. The predicted molar refractivity (Wildman–Crippen MR) is 47.8 cm³/mol. The van der Waals surface area contributed by atoms with E-state index in [9.17, 15) is 4.79 Å². The summed E-state index contributed by atoms with van der Waals surface area (Å²) in [4.78, 5) is 10.6. The second-order valence-electron chi connectivity index (χ2n) is 3.03. The maximum absolute atomic E-state index is 10.6. The predicted octanol–water partition coefficient (Wildman–Crippen LogP) is 2.15. The Bertz CT molecular complexity index is 282. The zero-order chi connectivity index (χ0) is 9.14. The molecule has 1 rings (SSSR count). The van der Waals surface area contributed by atoms with Gasteiger partial charge in [-0.05, 0) is 18.9 Å². The molecule has 0 heterocycles. The van der Waals surface area contributed by atoms with Gasteiger partial charge < -0.3 is 5.11 Å². The lowest BCUT2D eigenvalue weighted by Gasteiger charge is -1.94. The van der Waals surface area contributed by atoms with Crippen molar-refractivity contribution in [3.05, 3.63) is 35.5 Å². The van der Waals surface area contributed by atoms with Crippen molar-refractivity contribution in [3.63, 3.8) is 0 Å². The largest absolute Gasteiger partial charge is 0.478 e. The van der Waals surface area contributed by atoms with Gasteiger partial charge in [0.15, 0.2) is 0 Å². The van der Waals surface area contributed by atoms with Crippen molar-refractivity contribution in [2.24, 2.45) is 5.92 Å². The van der Waals surface area contributed by atoms with Gasteiger partial charge in [0.2, 0.25) is 0 Å². The van der Waals surface area contributed by atoms with E-state index in [2.05, 4.69) is 0 Å². The summed E-state index contributed by atoms with van der Waals surface area (Å²) in [7, 11) is 0. The van der Waals surface area contributed by atoms with Crippen LogP contribution in [0.3, 0.4) is 0 Å². The molecule has 0 fully saturated rings. The van der Waals surface area contributed by atoms with E-state index in [1.54, 1.807) is 12.2 Å². The molecule has 0 aromatic carbocycles. The first-order chi connectivity index (χ1) is 5.59. The van der Waals surface area contributed by atoms with Gasteiger partial charge in [0, 0.05) is 0 Å². The minimum absolute atomic E-state index is 0.318. The van der Waals surface area contributed by atoms with E-state index in [1.165, 1.54) is 0 Å². The van der Waals surface area contributed by atoms with Crippen LogP contribution < -0.4 is 0 Å². The number of carboxylic acids is 1. The Morgan fingerprint density at radius 3 is 2.83 bits per heavy atom. The number of allylic oxidation sites excluding steroid dienone is 4.